The van der Waals surface area contributed by atoms with E-state index >= 15 is 0 Å². The number of halogens is 1. The van der Waals surface area contributed by atoms with Crippen molar-refractivity contribution in [2.45, 2.75) is 19.9 Å². The Morgan fingerprint density at radius 3 is 2.50 bits per heavy atom. The van der Waals surface area contributed by atoms with E-state index in [0.29, 0.717) is 12.5 Å². The number of likely N-dealkylation sites (N-methyl/N-ethyl adjacent to an activating group) is 1. The van der Waals surface area contributed by atoms with Gasteiger partial charge in [-0.3, -0.25) is 4.79 Å². The molecule has 0 saturated carbocycles. The van der Waals surface area contributed by atoms with E-state index in [1.807, 2.05) is 14.1 Å². The molecule has 1 rings (SSSR count). The first-order chi connectivity index (χ1) is 8.41. The van der Waals surface area contributed by atoms with E-state index in [9.17, 15) is 4.79 Å². The predicted octanol–water partition coefficient (Wildman–Crippen LogP) is 1.45. The minimum Gasteiger partial charge on any atom is -0.349 e. The summed E-state index contributed by atoms with van der Waals surface area (Å²) in [5.74, 6) is 0.225. The number of aromatic nitrogens is 2. The van der Waals surface area contributed by atoms with Crippen LogP contribution in [0.25, 0.3) is 0 Å². The van der Waals surface area contributed by atoms with E-state index in [4.69, 9.17) is 11.6 Å². The molecule has 0 aliphatic rings. The van der Waals surface area contributed by atoms with Crippen molar-refractivity contribution in [1.29, 1.82) is 0 Å². The summed E-state index contributed by atoms with van der Waals surface area (Å²) in [4.78, 5) is 21.7. The maximum Gasteiger partial charge on any atom is 0.271 e. The first-order valence-corrected chi connectivity index (χ1v) is 6.21. The van der Waals surface area contributed by atoms with Gasteiger partial charge in [-0.25, -0.2) is 9.97 Å². The smallest absolute Gasteiger partial charge is 0.271 e. The van der Waals surface area contributed by atoms with Crippen molar-refractivity contribution >= 4 is 17.5 Å². The van der Waals surface area contributed by atoms with Crippen molar-refractivity contribution in [3.8, 4) is 0 Å². The van der Waals surface area contributed by atoms with Crippen LogP contribution in [0.15, 0.2) is 12.4 Å². The molecule has 1 heterocycles. The highest BCUT2D eigenvalue weighted by Crippen LogP contribution is 2.06. The fourth-order valence-corrected chi connectivity index (χ4v) is 1.83. The van der Waals surface area contributed by atoms with Crippen molar-refractivity contribution in [1.82, 2.24) is 20.2 Å². The molecule has 1 aromatic rings. The van der Waals surface area contributed by atoms with Gasteiger partial charge in [0.25, 0.3) is 5.91 Å². The lowest BCUT2D eigenvalue weighted by atomic mass is 10.0. The van der Waals surface area contributed by atoms with Crippen LogP contribution >= 0.6 is 11.6 Å². The molecule has 0 aliphatic heterocycles. The van der Waals surface area contributed by atoms with E-state index in [-0.39, 0.29) is 22.8 Å². The Morgan fingerprint density at radius 1 is 1.39 bits per heavy atom. The molecule has 1 unspecified atom stereocenters. The lowest BCUT2D eigenvalue weighted by Gasteiger charge is -2.27. The first kappa shape index (κ1) is 14.9. The number of hydrogen-bond donors (Lipinski definition) is 1. The number of carbonyl (C=O) groups is 1. The van der Waals surface area contributed by atoms with Gasteiger partial charge in [0.1, 0.15) is 10.8 Å². The van der Waals surface area contributed by atoms with Gasteiger partial charge < -0.3 is 10.2 Å². The van der Waals surface area contributed by atoms with Crippen LogP contribution < -0.4 is 5.32 Å². The lowest BCUT2D eigenvalue weighted by molar-refractivity contribution is 0.0929. The number of nitrogens with one attached hydrogen (secondary N) is 1. The average Bonchev–Trinajstić information content (AvgIpc) is 2.28. The SMILES string of the molecule is CC(C)C(CNC(=O)c1cnc(Cl)cn1)N(C)C. The average molecular weight is 271 g/mol. The van der Waals surface area contributed by atoms with Crippen molar-refractivity contribution in [2.75, 3.05) is 20.6 Å². The van der Waals surface area contributed by atoms with Crippen molar-refractivity contribution in [3.05, 3.63) is 23.2 Å². The van der Waals surface area contributed by atoms with Crippen molar-refractivity contribution in [3.63, 3.8) is 0 Å². The zero-order valence-corrected chi connectivity index (χ0v) is 11.9. The van der Waals surface area contributed by atoms with Gasteiger partial charge in [0.2, 0.25) is 0 Å². The van der Waals surface area contributed by atoms with Gasteiger partial charge in [-0.2, -0.15) is 0 Å². The fraction of sp³-hybridized carbons (Fsp3) is 0.583. The molecule has 1 amide bonds. The zero-order chi connectivity index (χ0) is 13.7. The van der Waals surface area contributed by atoms with Crippen molar-refractivity contribution in [2.24, 2.45) is 5.92 Å². The molecule has 6 heteroatoms. The molecule has 0 aliphatic carbocycles. The molecule has 5 nitrogen and oxygen atoms in total. The van der Waals surface area contributed by atoms with E-state index in [1.165, 1.54) is 12.4 Å². The highest BCUT2D eigenvalue weighted by molar-refractivity contribution is 6.29. The second-order valence-corrected chi connectivity index (χ2v) is 5.10. The predicted molar refractivity (Wildman–Crippen MR) is 71.7 cm³/mol. The normalized spacial score (nSPS) is 12.8. The van der Waals surface area contributed by atoms with E-state index in [1.54, 1.807) is 0 Å². The van der Waals surface area contributed by atoms with Gasteiger partial charge in [-0.05, 0) is 20.0 Å². The van der Waals surface area contributed by atoms with Crippen LogP contribution in [0.1, 0.15) is 24.3 Å². The molecule has 0 spiro atoms. The lowest BCUT2D eigenvalue weighted by Crippen LogP contribution is -2.43. The molecule has 18 heavy (non-hydrogen) atoms. The summed E-state index contributed by atoms with van der Waals surface area (Å²) in [7, 11) is 4.00. The Morgan fingerprint density at radius 2 is 2.06 bits per heavy atom. The van der Waals surface area contributed by atoms with Crippen LogP contribution in [0.3, 0.4) is 0 Å². The molecular weight excluding hydrogens is 252 g/mol. The standard InChI is InChI=1S/C12H19ClN4O/c1-8(2)10(17(3)4)6-16-12(18)9-5-15-11(13)7-14-9/h5,7-8,10H,6H2,1-4H3,(H,16,18). The molecule has 1 atom stereocenters. The summed E-state index contributed by atoms with van der Waals surface area (Å²) in [6.45, 7) is 4.83. The minimum atomic E-state index is -0.230. The highest BCUT2D eigenvalue weighted by Gasteiger charge is 2.17. The van der Waals surface area contributed by atoms with E-state index < -0.39 is 0 Å². The largest absolute Gasteiger partial charge is 0.349 e. The maximum atomic E-state index is 11.8. The van der Waals surface area contributed by atoms with Crippen LogP contribution in [0, 0.1) is 5.92 Å². The summed E-state index contributed by atoms with van der Waals surface area (Å²) >= 11 is 5.62. The van der Waals surface area contributed by atoms with Gasteiger partial charge in [0, 0.05) is 12.6 Å². The molecular formula is C12H19ClN4O. The monoisotopic (exact) mass is 270 g/mol. The van der Waals surface area contributed by atoms with Crippen LogP contribution in [0.5, 0.6) is 0 Å². The topological polar surface area (TPSA) is 58.1 Å². The van der Waals surface area contributed by atoms with Gasteiger partial charge in [-0.1, -0.05) is 25.4 Å². The number of rotatable bonds is 5. The number of carbonyl (C=O) groups excluding carboxylic acids is 1. The number of nitrogens with zero attached hydrogens (tertiary/aromatic N) is 3. The first-order valence-electron chi connectivity index (χ1n) is 5.84. The Bertz CT molecular complexity index is 384. The molecule has 0 aromatic carbocycles. The molecule has 100 valence electrons. The van der Waals surface area contributed by atoms with Gasteiger partial charge in [0.15, 0.2) is 0 Å². The Hall–Kier alpha value is -1.20. The second-order valence-electron chi connectivity index (χ2n) is 4.71. The summed E-state index contributed by atoms with van der Waals surface area (Å²) < 4.78 is 0. The molecule has 0 radical (unpaired) electrons. The second kappa shape index (κ2) is 6.66. The summed E-state index contributed by atoms with van der Waals surface area (Å²) in [5, 5.41) is 3.13. The van der Waals surface area contributed by atoms with Gasteiger partial charge in [0.05, 0.1) is 12.4 Å². The molecule has 0 bridgehead atoms. The van der Waals surface area contributed by atoms with Gasteiger partial charge >= 0.3 is 0 Å². The molecule has 0 saturated heterocycles. The summed E-state index contributed by atoms with van der Waals surface area (Å²) in [6, 6.07) is 0.286. The van der Waals surface area contributed by atoms with Crippen LogP contribution in [0.2, 0.25) is 5.15 Å². The molecule has 1 N–H and O–H groups in total. The number of hydrogen-bond acceptors (Lipinski definition) is 4. The van der Waals surface area contributed by atoms with Gasteiger partial charge in [-0.15, -0.1) is 0 Å². The Kier molecular flexibility index (Phi) is 5.50. The Labute approximate surface area is 113 Å². The maximum absolute atomic E-state index is 11.8. The van der Waals surface area contributed by atoms with Crippen molar-refractivity contribution < 1.29 is 4.79 Å². The summed E-state index contributed by atoms with van der Waals surface area (Å²) in [6.07, 6.45) is 2.74. The highest BCUT2D eigenvalue weighted by atomic mass is 35.5. The Balaban J connectivity index is 2.57. The minimum absolute atomic E-state index is 0.230. The molecule has 1 aromatic heterocycles. The zero-order valence-electron chi connectivity index (χ0n) is 11.1. The van der Waals surface area contributed by atoms with Crippen LogP contribution in [-0.2, 0) is 0 Å². The van der Waals surface area contributed by atoms with Crippen LogP contribution in [0.4, 0.5) is 0 Å². The van der Waals surface area contributed by atoms with Crippen LogP contribution in [-0.4, -0.2) is 47.5 Å². The number of amides is 1. The summed E-state index contributed by atoms with van der Waals surface area (Å²) in [5.41, 5.74) is 0.278. The third-order valence-electron chi connectivity index (χ3n) is 2.76. The molecule has 0 fully saturated rings. The van der Waals surface area contributed by atoms with E-state index in [0.717, 1.165) is 0 Å². The van der Waals surface area contributed by atoms with E-state index in [2.05, 4.69) is 34.0 Å². The quantitative estimate of drug-likeness (QED) is 0.880. The fourth-order valence-electron chi connectivity index (χ4n) is 1.73. The third-order valence-corrected chi connectivity index (χ3v) is 2.95. The third kappa shape index (κ3) is 4.23.